The van der Waals surface area contributed by atoms with Crippen LogP contribution in [0.2, 0.25) is 0 Å². The molecule has 0 spiro atoms. The predicted molar refractivity (Wildman–Crippen MR) is 78.2 cm³/mol. The van der Waals surface area contributed by atoms with E-state index < -0.39 is 40.7 Å². The van der Waals surface area contributed by atoms with E-state index in [4.69, 9.17) is 4.42 Å². The number of halogens is 5. The average molecular weight is 356 g/mol. The van der Waals surface area contributed by atoms with Gasteiger partial charge in [-0.1, -0.05) is 0 Å². The van der Waals surface area contributed by atoms with Crippen LogP contribution in [0.1, 0.15) is 18.4 Å². The summed E-state index contributed by atoms with van der Waals surface area (Å²) < 4.78 is 72.9. The van der Waals surface area contributed by atoms with Crippen molar-refractivity contribution < 1.29 is 31.2 Å². The highest BCUT2D eigenvalue weighted by Crippen LogP contribution is 2.34. The Bertz CT molecular complexity index is 933. The molecule has 1 amide bonds. The van der Waals surface area contributed by atoms with Crippen LogP contribution in [-0.4, -0.2) is 11.6 Å². The zero-order valence-corrected chi connectivity index (χ0v) is 12.8. The maximum Gasteiger partial charge on any atom is 0.280 e. The second kappa shape index (κ2) is 5.83. The summed E-state index contributed by atoms with van der Waals surface area (Å²) in [5.41, 5.74) is -1.50. The number of anilines is 1. The Kier molecular flexibility index (Phi) is 3.94. The average Bonchev–Trinajstić information content (AvgIpc) is 3.10. The maximum atomic E-state index is 13.9. The molecule has 25 heavy (non-hydrogen) atoms. The molecule has 0 unspecified atom stereocenters. The summed E-state index contributed by atoms with van der Waals surface area (Å²) in [7, 11) is 0. The van der Waals surface area contributed by atoms with Gasteiger partial charge in [0.1, 0.15) is 17.2 Å². The Hall–Kier alpha value is -2.97. The summed E-state index contributed by atoms with van der Waals surface area (Å²) in [6, 6.07) is 3.17. The Morgan fingerprint density at radius 2 is 1.52 bits per heavy atom. The van der Waals surface area contributed by atoms with E-state index in [-0.39, 0.29) is 22.1 Å². The fraction of sp³-hybridized carbons (Fsp3) is 0.125. The van der Waals surface area contributed by atoms with Crippen LogP contribution < -0.4 is 5.01 Å². The van der Waals surface area contributed by atoms with Gasteiger partial charge < -0.3 is 4.42 Å². The number of nitrogens with zero attached hydrogens (tertiary/aromatic N) is 2. The normalized spacial score (nSPS) is 16.1. The molecule has 9 heteroatoms. The lowest BCUT2D eigenvalue weighted by Crippen LogP contribution is -2.25. The molecular weight excluding hydrogens is 347 g/mol. The van der Waals surface area contributed by atoms with Gasteiger partial charge in [-0.3, -0.25) is 4.79 Å². The van der Waals surface area contributed by atoms with Crippen LogP contribution in [0.4, 0.5) is 27.6 Å². The third-order valence-electron chi connectivity index (χ3n) is 3.51. The van der Waals surface area contributed by atoms with Gasteiger partial charge in [-0.25, -0.2) is 22.0 Å². The molecule has 130 valence electrons. The molecular formula is C16H9F5N2O2. The van der Waals surface area contributed by atoms with E-state index in [0.29, 0.717) is 5.76 Å². The topological polar surface area (TPSA) is 45.8 Å². The largest absolute Gasteiger partial charge is 0.462 e. The molecule has 1 aromatic heterocycles. The lowest BCUT2D eigenvalue weighted by Gasteiger charge is -2.14. The number of hydrazone groups is 1. The number of carbonyl (C=O) groups is 1. The first-order valence-electron chi connectivity index (χ1n) is 6.92. The number of furan rings is 1. The van der Waals surface area contributed by atoms with E-state index in [2.05, 4.69) is 5.10 Å². The molecule has 0 atom stereocenters. The SMILES string of the molecule is CC1=NN(c2c(F)c(F)c(F)c(F)c2F)C(=O)/C1=C/c1ccc(C)o1. The van der Waals surface area contributed by atoms with E-state index in [0.717, 1.165) is 0 Å². The van der Waals surface area contributed by atoms with Crippen LogP contribution in [0.3, 0.4) is 0 Å². The number of aryl methyl sites for hydroxylation is 1. The Labute approximate surface area is 137 Å². The molecule has 3 rings (SSSR count). The molecule has 2 aromatic rings. The highest BCUT2D eigenvalue weighted by molar-refractivity contribution is 6.32. The number of rotatable bonds is 2. The first kappa shape index (κ1) is 16.9. The molecule has 2 heterocycles. The van der Waals surface area contributed by atoms with Crippen molar-refractivity contribution >= 4 is 23.4 Å². The van der Waals surface area contributed by atoms with Crippen molar-refractivity contribution in [2.24, 2.45) is 5.10 Å². The van der Waals surface area contributed by atoms with Crippen molar-refractivity contribution in [3.05, 3.63) is 58.3 Å². The monoisotopic (exact) mass is 356 g/mol. The van der Waals surface area contributed by atoms with Crippen LogP contribution in [-0.2, 0) is 4.79 Å². The van der Waals surface area contributed by atoms with Gasteiger partial charge in [-0.2, -0.15) is 10.1 Å². The smallest absolute Gasteiger partial charge is 0.280 e. The number of benzene rings is 1. The van der Waals surface area contributed by atoms with Crippen molar-refractivity contribution in [2.45, 2.75) is 13.8 Å². The quantitative estimate of drug-likeness (QED) is 0.352. The molecule has 1 aliphatic heterocycles. The fourth-order valence-electron chi connectivity index (χ4n) is 2.29. The van der Waals surface area contributed by atoms with Crippen molar-refractivity contribution in [1.29, 1.82) is 0 Å². The first-order valence-corrected chi connectivity index (χ1v) is 6.92. The molecule has 0 radical (unpaired) electrons. The molecule has 0 aliphatic carbocycles. The van der Waals surface area contributed by atoms with E-state index in [1.807, 2.05) is 0 Å². The molecule has 1 aromatic carbocycles. The van der Waals surface area contributed by atoms with Gasteiger partial charge in [0.2, 0.25) is 5.82 Å². The minimum Gasteiger partial charge on any atom is -0.462 e. The number of amides is 1. The Balaban J connectivity index is 2.10. The van der Waals surface area contributed by atoms with Crippen LogP contribution in [0.15, 0.2) is 27.2 Å². The van der Waals surface area contributed by atoms with Crippen LogP contribution in [0.5, 0.6) is 0 Å². The summed E-state index contributed by atoms with van der Waals surface area (Å²) in [5.74, 6) is -11.1. The van der Waals surface area contributed by atoms with Crippen LogP contribution >= 0.6 is 0 Å². The number of carbonyl (C=O) groups excluding carboxylic acids is 1. The molecule has 1 aliphatic rings. The molecule has 0 saturated carbocycles. The first-order chi connectivity index (χ1) is 11.7. The minimum atomic E-state index is -2.31. The van der Waals surface area contributed by atoms with Crippen molar-refractivity contribution in [2.75, 3.05) is 5.01 Å². The van der Waals surface area contributed by atoms with Gasteiger partial charge in [0.05, 0.1) is 11.3 Å². The molecule has 4 nitrogen and oxygen atoms in total. The van der Waals surface area contributed by atoms with Crippen LogP contribution in [0.25, 0.3) is 6.08 Å². The highest BCUT2D eigenvalue weighted by Gasteiger charge is 2.37. The highest BCUT2D eigenvalue weighted by atomic mass is 19.2. The second-order valence-electron chi connectivity index (χ2n) is 5.23. The number of hydrogen-bond acceptors (Lipinski definition) is 3. The lowest BCUT2D eigenvalue weighted by molar-refractivity contribution is -0.114. The zero-order chi connectivity index (χ0) is 18.5. The summed E-state index contributed by atoms with van der Waals surface area (Å²) in [4.78, 5) is 12.4. The summed E-state index contributed by atoms with van der Waals surface area (Å²) in [6.07, 6.45) is 1.26. The summed E-state index contributed by atoms with van der Waals surface area (Å²) in [5, 5.41) is 3.76. The third-order valence-corrected chi connectivity index (χ3v) is 3.51. The zero-order valence-electron chi connectivity index (χ0n) is 12.8. The van der Waals surface area contributed by atoms with E-state index in [1.165, 1.54) is 13.0 Å². The van der Waals surface area contributed by atoms with Gasteiger partial charge in [-0.15, -0.1) is 0 Å². The maximum absolute atomic E-state index is 13.9. The van der Waals surface area contributed by atoms with Gasteiger partial charge in [0.25, 0.3) is 5.91 Å². The number of hydrogen-bond donors (Lipinski definition) is 0. The summed E-state index contributed by atoms with van der Waals surface area (Å²) in [6.45, 7) is 3.02. The predicted octanol–water partition coefficient (Wildman–Crippen LogP) is 4.09. The lowest BCUT2D eigenvalue weighted by atomic mass is 10.1. The minimum absolute atomic E-state index is 0.0306. The molecule has 0 saturated heterocycles. The van der Waals surface area contributed by atoms with Gasteiger partial charge >= 0.3 is 0 Å². The molecule has 0 bridgehead atoms. The summed E-state index contributed by atoms with van der Waals surface area (Å²) >= 11 is 0. The van der Waals surface area contributed by atoms with Crippen molar-refractivity contribution in [1.82, 2.24) is 0 Å². The van der Waals surface area contributed by atoms with Gasteiger partial charge in [0.15, 0.2) is 23.3 Å². The Morgan fingerprint density at radius 1 is 0.960 bits per heavy atom. The standard InChI is InChI=1S/C16H9F5N2O2/c1-6-3-4-8(25-6)5-9-7(2)22-23(16(9)24)15-13(20)11(18)10(17)12(19)14(15)21/h3-5H,1-2H3/b9-5+. The third kappa shape index (κ3) is 2.61. The van der Waals surface area contributed by atoms with E-state index in [9.17, 15) is 26.7 Å². The Morgan fingerprint density at radius 3 is 2.04 bits per heavy atom. The van der Waals surface area contributed by atoms with E-state index >= 15 is 0 Å². The second-order valence-corrected chi connectivity index (χ2v) is 5.23. The van der Waals surface area contributed by atoms with Crippen molar-refractivity contribution in [3.8, 4) is 0 Å². The van der Waals surface area contributed by atoms with Crippen molar-refractivity contribution in [3.63, 3.8) is 0 Å². The van der Waals surface area contributed by atoms with Crippen LogP contribution in [0, 0.1) is 36.0 Å². The fourth-order valence-corrected chi connectivity index (χ4v) is 2.29. The molecule has 0 fully saturated rings. The van der Waals surface area contributed by atoms with Gasteiger partial charge in [-0.05, 0) is 32.1 Å². The molecule has 0 N–H and O–H groups in total. The van der Waals surface area contributed by atoms with E-state index in [1.54, 1.807) is 19.1 Å². The van der Waals surface area contributed by atoms with Gasteiger partial charge in [0, 0.05) is 0 Å².